The van der Waals surface area contributed by atoms with Crippen LogP contribution in [0.25, 0.3) is 0 Å². The van der Waals surface area contributed by atoms with E-state index >= 15 is 0 Å². The van der Waals surface area contributed by atoms with Crippen molar-refractivity contribution < 1.29 is 4.79 Å². The highest BCUT2D eigenvalue weighted by atomic mass is 16.1. The third-order valence-electron chi connectivity index (χ3n) is 2.59. The van der Waals surface area contributed by atoms with Gasteiger partial charge in [-0.15, -0.1) is 0 Å². The van der Waals surface area contributed by atoms with Crippen LogP contribution in [-0.2, 0) is 13.6 Å². The molecule has 5 N–H and O–H groups in total. The third kappa shape index (κ3) is 2.42. The molecule has 0 fully saturated rings. The average molecular weight is 245 g/mol. The molecule has 1 heterocycles. The lowest BCUT2D eigenvalue weighted by atomic mass is 10.1. The average Bonchev–Trinajstić information content (AvgIpc) is 2.73. The van der Waals surface area contributed by atoms with Crippen LogP contribution in [0, 0.1) is 0 Å². The van der Waals surface area contributed by atoms with Crippen molar-refractivity contribution in [1.82, 2.24) is 9.78 Å². The number of nitrogens with two attached hydrogens (primary N) is 2. The lowest BCUT2D eigenvalue weighted by Crippen LogP contribution is -2.15. The maximum Gasteiger partial charge on any atom is 0.250 e. The molecule has 94 valence electrons. The van der Waals surface area contributed by atoms with Gasteiger partial charge in [0, 0.05) is 25.4 Å². The van der Waals surface area contributed by atoms with Crippen molar-refractivity contribution in [2.45, 2.75) is 6.54 Å². The van der Waals surface area contributed by atoms with Gasteiger partial charge in [-0.2, -0.15) is 5.10 Å². The molecule has 2 aromatic rings. The molecule has 0 radical (unpaired) electrons. The molecule has 1 amide bonds. The first-order valence-electron chi connectivity index (χ1n) is 5.47. The summed E-state index contributed by atoms with van der Waals surface area (Å²) in [7, 11) is 1.84. The van der Waals surface area contributed by atoms with Gasteiger partial charge in [-0.3, -0.25) is 9.48 Å². The predicted molar refractivity (Wildman–Crippen MR) is 69.9 cm³/mol. The zero-order valence-electron chi connectivity index (χ0n) is 10.1. The molecule has 1 aromatic carbocycles. The summed E-state index contributed by atoms with van der Waals surface area (Å²) < 4.78 is 1.71. The summed E-state index contributed by atoms with van der Waals surface area (Å²) in [5.41, 5.74) is 13.6. The van der Waals surface area contributed by atoms with E-state index in [0.29, 0.717) is 23.5 Å². The van der Waals surface area contributed by atoms with Crippen LogP contribution in [0.3, 0.4) is 0 Å². The van der Waals surface area contributed by atoms with Crippen molar-refractivity contribution in [1.29, 1.82) is 0 Å². The van der Waals surface area contributed by atoms with Gasteiger partial charge >= 0.3 is 0 Å². The summed E-state index contributed by atoms with van der Waals surface area (Å²) in [6, 6.07) is 5.06. The number of para-hydroxylation sites is 1. The molecule has 18 heavy (non-hydrogen) atoms. The molecule has 0 aliphatic rings. The number of aromatic nitrogens is 2. The van der Waals surface area contributed by atoms with E-state index in [-0.39, 0.29) is 0 Å². The molecule has 0 aliphatic heterocycles. The fourth-order valence-electron chi connectivity index (χ4n) is 1.73. The van der Waals surface area contributed by atoms with Crippen molar-refractivity contribution in [2.75, 3.05) is 11.1 Å². The molecule has 0 unspecified atom stereocenters. The largest absolute Gasteiger partial charge is 0.397 e. The summed E-state index contributed by atoms with van der Waals surface area (Å²) in [4.78, 5) is 11.3. The molecule has 0 saturated heterocycles. The summed E-state index contributed by atoms with van der Waals surface area (Å²) >= 11 is 0. The number of anilines is 2. The summed E-state index contributed by atoms with van der Waals surface area (Å²) in [6.07, 6.45) is 3.63. The Kier molecular flexibility index (Phi) is 3.18. The first kappa shape index (κ1) is 12.0. The van der Waals surface area contributed by atoms with Crippen LogP contribution in [0.5, 0.6) is 0 Å². The second-order valence-electron chi connectivity index (χ2n) is 4.01. The van der Waals surface area contributed by atoms with Gasteiger partial charge in [-0.1, -0.05) is 6.07 Å². The maximum atomic E-state index is 11.3. The first-order valence-corrected chi connectivity index (χ1v) is 5.47. The van der Waals surface area contributed by atoms with Gasteiger partial charge in [0.25, 0.3) is 5.91 Å². The Labute approximate surface area is 105 Å². The zero-order chi connectivity index (χ0) is 13.1. The second kappa shape index (κ2) is 4.79. The molecule has 6 heteroatoms. The molecule has 6 nitrogen and oxygen atoms in total. The summed E-state index contributed by atoms with van der Waals surface area (Å²) in [6.45, 7) is 0.530. The Morgan fingerprint density at radius 3 is 2.89 bits per heavy atom. The van der Waals surface area contributed by atoms with Gasteiger partial charge < -0.3 is 16.8 Å². The number of nitrogen functional groups attached to an aromatic ring is 1. The van der Waals surface area contributed by atoms with E-state index < -0.39 is 5.91 Å². The molecule has 0 bridgehead atoms. The van der Waals surface area contributed by atoms with Gasteiger partial charge in [-0.25, -0.2) is 0 Å². The van der Waals surface area contributed by atoms with Gasteiger partial charge in [0.2, 0.25) is 0 Å². The normalized spacial score (nSPS) is 10.3. The molecule has 0 spiro atoms. The zero-order valence-corrected chi connectivity index (χ0v) is 10.1. The molecular weight excluding hydrogens is 230 g/mol. The third-order valence-corrected chi connectivity index (χ3v) is 2.59. The number of hydrogen-bond acceptors (Lipinski definition) is 4. The molecule has 0 saturated carbocycles. The van der Waals surface area contributed by atoms with Gasteiger partial charge in [0.1, 0.15) is 0 Å². The SMILES string of the molecule is Cn1cc(CNc2c(N)cccc2C(N)=O)cn1. The Morgan fingerprint density at radius 1 is 1.50 bits per heavy atom. The van der Waals surface area contributed by atoms with Crippen LogP contribution in [0.2, 0.25) is 0 Å². The number of carbonyl (C=O) groups excluding carboxylic acids is 1. The van der Waals surface area contributed by atoms with E-state index in [0.717, 1.165) is 5.56 Å². The van der Waals surface area contributed by atoms with Crippen LogP contribution in [0.4, 0.5) is 11.4 Å². The lowest BCUT2D eigenvalue weighted by molar-refractivity contribution is 0.100. The smallest absolute Gasteiger partial charge is 0.250 e. The predicted octanol–water partition coefficient (Wildman–Crippen LogP) is 0.713. The minimum absolute atomic E-state index is 0.388. The van der Waals surface area contributed by atoms with Gasteiger partial charge in [0.05, 0.1) is 23.1 Å². The summed E-state index contributed by atoms with van der Waals surface area (Å²) in [5.74, 6) is -0.504. The molecule has 0 aliphatic carbocycles. The quantitative estimate of drug-likeness (QED) is 0.691. The number of carbonyl (C=O) groups is 1. The van der Waals surface area contributed by atoms with Crippen LogP contribution in [0.1, 0.15) is 15.9 Å². The fourth-order valence-corrected chi connectivity index (χ4v) is 1.73. The number of rotatable bonds is 4. The molecular formula is C12H15N5O. The number of aryl methyl sites for hydroxylation is 1. The van der Waals surface area contributed by atoms with Crippen molar-refractivity contribution >= 4 is 17.3 Å². The highest BCUT2D eigenvalue weighted by molar-refractivity contribution is 6.01. The van der Waals surface area contributed by atoms with Crippen molar-refractivity contribution in [3.63, 3.8) is 0 Å². The Balaban J connectivity index is 2.20. The van der Waals surface area contributed by atoms with E-state index in [2.05, 4.69) is 10.4 Å². The van der Waals surface area contributed by atoms with E-state index in [4.69, 9.17) is 11.5 Å². The van der Waals surface area contributed by atoms with E-state index in [1.165, 1.54) is 0 Å². The van der Waals surface area contributed by atoms with Crippen LogP contribution < -0.4 is 16.8 Å². The molecule has 1 aromatic heterocycles. The van der Waals surface area contributed by atoms with Crippen LogP contribution in [0.15, 0.2) is 30.6 Å². The fraction of sp³-hybridized carbons (Fsp3) is 0.167. The minimum atomic E-state index is -0.504. The number of amides is 1. The molecule has 2 rings (SSSR count). The summed E-state index contributed by atoms with van der Waals surface area (Å²) in [5, 5.41) is 7.18. The number of benzene rings is 1. The highest BCUT2D eigenvalue weighted by Crippen LogP contribution is 2.23. The van der Waals surface area contributed by atoms with E-state index in [1.807, 2.05) is 13.2 Å². The Bertz CT molecular complexity index is 576. The maximum absolute atomic E-state index is 11.3. The molecule has 0 atom stereocenters. The van der Waals surface area contributed by atoms with Crippen molar-refractivity contribution in [3.8, 4) is 0 Å². The monoisotopic (exact) mass is 245 g/mol. The van der Waals surface area contributed by atoms with E-state index in [9.17, 15) is 4.79 Å². The topological polar surface area (TPSA) is 99.0 Å². The number of primary amides is 1. The van der Waals surface area contributed by atoms with Crippen LogP contribution >= 0.6 is 0 Å². The standard InChI is InChI=1S/C12H15N5O/c1-17-7-8(6-16-17)5-15-11-9(12(14)18)3-2-4-10(11)13/h2-4,6-7,15H,5,13H2,1H3,(H2,14,18). The lowest BCUT2D eigenvalue weighted by Gasteiger charge is -2.11. The minimum Gasteiger partial charge on any atom is -0.397 e. The van der Waals surface area contributed by atoms with Crippen molar-refractivity contribution in [3.05, 3.63) is 41.7 Å². The second-order valence-corrected chi connectivity index (χ2v) is 4.01. The Morgan fingerprint density at radius 2 is 2.28 bits per heavy atom. The number of nitrogens with zero attached hydrogens (tertiary/aromatic N) is 2. The van der Waals surface area contributed by atoms with Gasteiger partial charge in [-0.05, 0) is 12.1 Å². The first-order chi connectivity index (χ1) is 8.58. The number of hydrogen-bond donors (Lipinski definition) is 3. The van der Waals surface area contributed by atoms with Crippen molar-refractivity contribution in [2.24, 2.45) is 12.8 Å². The Hall–Kier alpha value is -2.50. The van der Waals surface area contributed by atoms with Gasteiger partial charge in [0.15, 0.2) is 0 Å². The highest BCUT2D eigenvalue weighted by Gasteiger charge is 2.10. The number of nitrogens with one attached hydrogen (secondary N) is 1. The van der Waals surface area contributed by atoms with Crippen LogP contribution in [-0.4, -0.2) is 15.7 Å². The van der Waals surface area contributed by atoms with E-state index in [1.54, 1.807) is 29.1 Å².